The second-order valence-electron chi connectivity index (χ2n) is 20.3. The summed E-state index contributed by atoms with van der Waals surface area (Å²) in [6.45, 7) is 0. The largest absolute Gasteiger partial charge is 0.619 e. The van der Waals surface area contributed by atoms with Crippen molar-refractivity contribution in [1.29, 1.82) is 0 Å². The molecule has 6 aromatic carbocycles. The van der Waals surface area contributed by atoms with E-state index in [1.165, 1.54) is 48.8 Å². The molecule has 6 heterocycles. The molecule has 12 rings (SSSR count). The number of pyridine rings is 3. The third kappa shape index (κ3) is 15.5. The van der Waals surface area contributed by atoms with Crippen LogP contribution in [0.1, 0.15) is 16.7 Å². The molecule has 30 heteroatoms. The number of aromatic nitrogens is 9. The van der Waals surface area contributed by atoms with E-state index in [9.17, 15) is 59.1 Å². The summed E-state index contributed by atoms with van der Waals surface area (Å²) < 4.78 is 121. The van der Waals surface area contributed by atoms with Crippen molar-refractivity contribution < 1.29 is 58.6 Å². The average molecular weight is 1320 g/mol. The van der Waals surface area contributed by atoms with Crippen molar-refractivity contribution in [2.24, 2.45) is 21.1 Å². The van der Waals surface area contributed by atoms with Crippen LogP contribution in [0.3, 0.4) is 0 Å². The van der Waals surface area contributed by atoms with E-state index in [4.69, 9.17) is 23.2 Å². The van der Waals surface area contributed by atoms with E-state index in [0.29, 0.717) is 54.3 Å². The molecular formula is C63H46Cl2F9N15O4. The van der Waals surface area contributed by atoms with Gasteiger partial charge in [0, 0.05) is 88.7 Å². The van der Waals surface area contributed by atoms with Gasteiger partial charge in [0.2, 0.25) is 6.20 Å². The zero-order valence-electron chi connectivity index (χ0n) is 48.2. The Hall–Kier alpha value is -11.3. The predicted octanol–water partition coefficient (Wildman–Crippen LogP) is 16.4. The van der Waals surface area contributed by atoms with Gasteiger partial charge in [-0.3, -0.25) is 14.0 Å². The summed E-state index contributed by atoms with van der Waals surface area (Å²) in [7, 11) is 5.32. The van der Waals surface area contributed by atoms with Gasteiger partial charge in [-0.1, -0.05) is 77.8 Å². The van der Waals surface area contributed by atoms with Gasteiger partial charge < -0.3 is 37.1 Å². The Bertz CT molecular complexity index is 4750. The van der Waals surface area contributed by atoms with Crippen LogP contribution in [0, 0.1) is 5.21 Å². The summed E-state index contributed by atoms with van der Waals surface area (Å²) in [5, 5.41) is 42.6. The van der Waals surface area contributed by atoms with Crippen molar-refractivity contribution in [3.8, 4) is 33.4 Å². The van der Waals surface area contributed by atoms with E-state index < -0.39 is 53.3 Å². The number of fused-ring (bicyclic) bond motifs is 3. The maximum absolute atomic E-state index is 12.8. The molecule has 0 unspecified atom stereocenters. The Morgan fingerprint density at radius 2 is 0.796 bits per heavy atom. The molecule has 0 spiro atoms. The molecular weight excluding hydrogens is 1270 g/mol. The molecule has 0 bridgehead atoms. The first-order valence-corrected chi connectivity index (χ1v) is 27.9. The highest BCUT2D eigenvalue weighted by atomic mass is 35.5. The molecule has 93 heavy (non-hydrogen) atoms. The highest BCUT2D eigenvalue weighted by Crippen LogP contribution is 2.37. The maximum Gasteiger partial charge on any atom is 0.416 e. The number of hydrogen-bond donors (Lipinski definition) is 6. The third-order valence-corrected chi connectivity index (χ3v) is 14.5. The highest BCUT2D eigenvalue weighted by molar-refractivity contribution is 6.34. The van der Waals surface area contributed by atoms with Gasteiger partial charge in [-0.15, -0.1) is 0 Å². The van der Waals surface area contributed by atoms with Crippen LogP contribution in [-0.4, -0.2) is 57.4 Å². The number of rotatable bonds is 9. The van der Waals surface area contributed by atoms with E-state index >= 15 is 0 Å². The van der Waals surface area contributed by atoms with Crippen LogP contribution in [-0.2, 0) is 39.7 Å². The molecule has 6 amide bonds. The molecule has 0 radical (unpaired) electrons. The molecule has 0 atom stereocenters. The van der Waals surface area contributed by atoms with Crippen LogP contribution in [0.2, 0.25) is 10.3 Å². The van der Waals surface area contributed by atoms with Crippen molar-refractivity contribution in [1.82, 2.24) is 39.3 Å². The standard InChI is InChI=1S/2C21H15ClF3N5O.C21H16F3N5O2/c1-30-17-11-26-19(22)18(16(17)10-27-30)12-5-7-14(8-6-12)28-20(31)29-15-4-2-3-13(9-15)21(23,24)25;1-30-18-17(11-27-30)16(10-26-19(18)22)12-5-7-14(8-6-12)28-20(31)29-15-4-2-3-13(9-15)21(23,24)25;1-28-19-12-29(31)11-18(17(19)10-25-28)13-5-7-15(8-6-13)26-20(30)27-16-4-2-3-14(9-16)21(22,23)24/h2*2-11H,1H3,(H2,28,29,31);2-12H,1H3,(H2,26,27,30). The maximum atomic E-state index is 12.8. The lowest BCUT2D eigenvalue weighted by molar-refractivity contribution is -0.603. The number of aryl methyl sites for hydroxylation is 3. The molecule has 0 saturated carbocycles. The SMILES string of the molecule is Cn1ncc2c(-c3ccc(NC(=O)Nc4cccc(C(F)(F)F)c4)cc3)c(Cl)ncc21.Cn1ncc2c(-c3ccc(NC(=O)Nc4cccc(C(F)(F)F)c4)cc3)c[n+]([O-])cc21.Cn1ncc2c(-c3ccc(NC(=O)Nc4cccc(C(F)(F)F)c4)cc3)cnc(Cl)c21. The number of urea groups is 3. The summed E-state index contributed by atoms with van der Waals surface area (Å²) >= 11 is 12.5. The van der Waals surface area contributed by atoms with Gasteiger partial charge in [0.15, 0.2) is 11.3 Å². The number of carbonyl (C=O) groups excluding carboxylic acids is 3. The molecule has 474 valence electrons. The number of halogens is 11. The third-order valence-electron chi connectivity index (χ3n) is 14.0. The minimum absolute atomic E-state index is 0.0206. The van der Waals surface area contributed by atoms with Crippen molar-refractivity contribution >= 4 is 108 Å². The lowest BCUT2D eigenvalue weighted by atomic mass is 10.0. The summed E-state index contributed by atoms with van der Waals surface area (Å²) in [6, 6.07) is 31.7. The fourth-order valence-corrected chi connectivity index (χ4v) is 10.0. The number of nitrogens with one attached hydrogen (secondary N) is 6. The molecule has 12 aromatic rings. The molecule has 0 aliphatic heterocycles. The summed E-state index contributed by atoms with van der Waals surface area (Å²) in [5.74, 6) is 0. The van der Waals surface area contributed by atoms with E-state index in [1.54, 1.807) is 139 Å². The Morgan fingerprint density at radius 3 is 1.25 bits per heavy atom. The summed E-state index contributed by atoms with van der Waals surface area (Å²) in [6.07, 6.45) is -2.25. The number of nitrogens with zero attached hydrogens (tertiary/aromatic N) is 9. The van der Waals surface area contributed by atoms with Crippen LogP contribution in [0.15, 0.2) is 189 Å². The molecule has 0 fully saturated rings. The Morgan fingerprint density at radius 1 is 0.419 bits per heavy atom. The van der Waals surface area contributed by atoms with E-state index in [-0.39, 0.29) is 17.1 Å². The zero-order chi connectivity index (χ0) is 66.5. The Kier molecular flexibility index (Phi) is 18.6. The van der Waals surface area contributed by atoms with Crippen molar-refractivity contribution in [2.45, 2.75) is 18.5 Å². The lowest BCUT2D eigenvalue weighted by Crippen LogP contribution is -2.25. The van der Waals surface area contributed by atoms with Gasteiger partial charge in [-0.05, 0) is 108 Å². The monoisotopic (exact) mass is 1320 g/mol. The number of alkyl halides is 9. The van der Waals surface area contributed by atoms with Gasteiger partial charge in [-0.2, -0.15) is 59.5 Å². The van der Waals surface area contributed by atoms with Crippen LogP contribution in [0.25, 0.3) is 66.1 Å². The van der Waals surface area contributed by atoms with E-state index in [1.807, 2.05) is 0 Å². The highest BCUT2D eigenvalue weighted by Gasteiger charge is 2.32. The number of anilines is 6. The van der Waals surface area contributed by atoms with Crippen molar-refractivity contribution in [3.05, 3.63) is 221 Å². The number of hydrogen-bond acceptors (Lipinski definition) is 9. The van der Waals surface area contributed by atoms with Crippen molar-refractivity contribution in [3.63, 3.8) is 0 Å². The number of benzene rings is 6. The van der Waals surface area contributed by atoms with Crippen LogP contribution in [0.5, 0.6) is 0 Å². The van der Waals surface area contributed by atoms with Crippen LogP contribution in [0.4, 0.5) is 88.0 Å². The Balaban J connectivity index is 0.000000153. The Labute approximate surface area is 530 Å². The minimum Gasteiger partial charge on any atom is -0.619 e. The second kappa shape index (κ2) is 26.7. The van der Waals surface area contributed by atoms with Gasteiger partial charge in [-0.25, -0.2) is 24.4 Å². The van der Waals surface area contributed by atoms with Gasteiger partial charge in [0.1, 0.15) is 16.2 Å². The number of amides is 6. The lowest BCUT2D eigenvalue weighted by Gasteiger charge is -2.11. The molecule has 6 aromatic heterocycles. The first kappa shape index (κ1) is 64.7. The predicted molar refractivity (Wildman–Crippen MR) is 335 cm³/mol. The van der Waals surface area contributed by atoms with Crippen molar-refractivity contribution in [2.75, 3.05) is 31.9 Å². The van der Waals surface area contributed by atoms with E-state index in [0.717, 1.165) is 80.3 Å². The van der Waals surface area contributed by atoms with Crippen LogP contribution < -0.4 is 36.6 Å². The topological polar surface area (TPSA) is 230 Å². The van der Waals surface area contributed by atoms with Gasteiger partial charge in [0.25, 0.3) is 0 Å². The first-order valence-electron chi connectivity index (χ1n) is 27.2. The van der Waals surface area contributed by atoms with Crippen LogP contribution >= 0.6 is 23.2 Å². The summed E-state index contributed by atoms with van der Waals surface area (Å²) in [5.41, 5.74) is 5.70. The fourth-order valence-electron chi connectivity index (χ4n) is 9.50. The fraction of sp³-hybridized carbons (Fsp3) is 0.0952. The normalized spacial score (nSPS) is 11.5. The minimum atomic E-state index is -4.50. The summed E-state index contributed by atoms with van der Waals surface area (Å²) in [4.78, 5) is 44.9. The molecule has 6 N–H and O–H groups in total. The molecule has 0 aliphatic carbocycles. The number of carbonyl (C=O) groups is 3. The zero-order valence-corrected chi connectivity index (χ0v) is 49.7. The molecule has 19 nitrogen and oxygen atoms in total. The quantitative estimate of drug-likeness (QED) is 0.0349. The first-order chi connectivity index (χ1) is 44.1. The second-order valence-corrected chi connectivity index (χ2v) is 21.0. The smallest absolute Gasteiger partial charge is 0.416 e. The molecule has 0 saturated heterocycles. The molecule has 0 aliphatic rings. The van der Waals surface area contributed by atoms with Gasteiger partial charge >= 0.3 is 36.6 Å². The van der Waals surface area contributed by atoms with E-state index in [2.05, 4.69) is 57.2 Å². The van der Waals surface area contributed by atoms with Gasteiger partial charge in [0.05, 0.1) is 52.6 Å². The average Bonchev–Trinajstić information content (AvgIpc) is 1.74.